The minimum atomic E-state index is -2.98. The number of methoxy groups -OCH3 is 1. The van der Waals surface area contributed by atoms with E-state index in [1.807, 2.05) is 37.1 Å². The molecule has 1 amide bonds. The lowest BCUT2D eigenvalue weighted by molar-refractivity contribution is -0.122. The third-order valence-corrected chi connectivity index (χ3v) is 5.66. The smallest absolute Gasteiger partial charge is 0.234 e. The van der Waals surface area contributed by atoms with E-state index < -0.39 is 9.84 Å². The molecule has 1 aliphatic heterocycles. The molecular formula is C16H24N2O4S. The summed E-state index contributed by atoms with van der Waals surface area (Å²) in [5.74, 6) is 0.855. The van der Waals surface area contributed by atoms with Crippen LogP contribution in [0.1, 0.15) is 17.5 Å². The summed E-state index contributed by atoms with van der Waals surface area (Å²) in [5.41, 5.74) is 2.15. The van der Waals surface area contributed by atoms with Gasteiger partial charge in [-0.25, -0.2) is 8.42 Å². The second kappa shape index (κ2) is 7.31. The third-order valence-electron chi connectivity index (χ3n) is 3.89. The van der Waals surface area contributed by atoms with Crippen LogP contribution >= 0.6 is 0 Å². The Morgan fingerprint density at radius 2 is 2.17 bits per heavy atom. The Balaban J connectivity index is 1.88. The van der Waals surface area contributed by atoms with Crippen LogP contribution in [0.15, 0.2) is 18.2 Å². The first-order valence-electron chi connectivity index (χ1n) is 7.61. The van der Waals surface area contributed by atoms with E-state index in [4.69, 9.17) is 4.74 Å². The van der Waals surface area contributed by atoms with Crippen LogP contribution in [0.3, 0.4) is 0 Å². The van der Waals surface area contributed by atoms with E-state index in [-0.39, 0.29) is 30.0 Å². The summed E-state index contributed by atoms with van der Waals surface area (Å²) in [6.45, 7) is 2.81. The van der Waals surface area contributed by atoms with E-state index in [0.29, 0.717) is 13.0 Å². The Labute approximate surface area is 137 Å². The Hall–Kier alpha value is -1.60. The average Bonchev–Trinajstić information content (AvgIpc) is 2.77. The SMILES string of the molecule is COc1ccc(C)cc1CN(C)CC(=O)N[C@H]1CCS(=O)(=O)C1. The molecule has 23 heavy (non-hydrogen) atoms. The van der Waals surface area contributed by atoms with Gasteiger partial charge in [-0.2, -0.15) is 0 Å². The number of nitrogens with one attached hydrogen (secondary N) is 1. The maximum absolute atomic E-state index is 12.1. The molecule has 128 valence electrons. The minimum Gasteiger partial charge on any atom is -0.496 e. The lowest BCUT2D eigenvalue weighted by atomic mass is 10.1. The number of amides is 1. The molecule has 2 rings (SSSR count). The molecule has 0 radical (unpaired) electrons. The van der Waals surface area contributed by atoms with E-state index >= 15 is 0 Å². The minimum absolute atomic E-state index is 0.0498. The number of sulfone groups is 1. The van der Waals surface area contributed by atoms with Crippen LogP contribution in [0.2, 0.25) is 0 Å². The van der Waals surface area contributed by atoms with Crippen LogP contribution in [0.25, 0.3) is 0 Å². The fraction of sp³-hybridized carbons (Fsp3) is 0.562. The van der Waals surface area contributed by atoms with Crippen molar-refractivity contribution >= 4 is 15.7 Å². The van der Waals surface area contributed by atoms with Gasteiger partial charge in [0.2, 0.25) is 5.91 Å². The highest BCUT2D eigenvalue weighted by Crippen LogP contribution is 2.21. The van der Waals surface area contributed by atoms with Gasteiger partial charge in [-0.1, -0.05) is 17.7 Å². The number of carbonyl (C=O) groups is 1. The van der Waals surface area contributed by atoms with Crippen molar-refractivity contribution in [3.8, 4) is 5.75 Å². The van der Waals surface area contributed by atoms with E-state index in [1.54, 1.807) is 7.11 Å². The van der Waals surface area contributed by atoms with Gasteiger partial charge in [0, 0.05) is 18.2 Å². The van der Waals surface area contributed by atoms with E-state index in [1.165, 1.54) is 0 Å². The van der Waals surface area contributed by atoms with Gasteiger partial charge in [0.05, 0.1) is 25.2 Å². The second-order valence-corrected chi connectivity index (χ2v) is 8.38. The fourth-order valence-corrected chi connectivity index (χ4v) is 4.48. The standard InChI is InChI=1S/C16H24N2O4S/c1-12-4-5-15(22-3)13(8-12)9-18(2)10-16(19)17-14-6-7-23(20,21)11-14/h4-5,8,14H,6-7,9-11H2,1-3H3,(H,17,19)/t14-/m0/s1. The van der Waals surface area contributed by atoms with Crippen molar-refractivity contribution in [2.24, 2.45) is 0 Å². The molecular weight excluding hydrogens is 316 g/mol. The number of hydrogen-bond donors (Lipinski definition) is 1. The monoisotopic (exact) mass is 340 g/mol. The largest absolute Gasteiger partial charge is 0.496 e. The lowest BCUT2D eigenvalue weighted by Gasteiger charge is -2.19. The quantitative estimate of drug-likeness (QED) is 0.827. The van der Waals surface area contributed by atoms with Gasteiger partial charge < -0.3 is 10.1 Å². The number of rotatable bonds is 6. The maximum Gasteiger partial charge on any atom is 0.234 e. The molecule has 1 aromatic carbocycles. The zero-order valence-electron chi connectivity index (χ0n) is 13.8. The molecule has 1 saturated heterocycles. The number of nitrogens with zero attached hydrogens (tertiary/aromatic N) is 1. The van der Waals surface area contributed by atoms with Crippen LogP contribution in [0.5, 0.6) is 5.75 Å². The van der Waals surface area contributed by atoms with Crippen molar-refractivity contribution in [2.45, 2.75) is 25.9 Å². The molecule has 7 heteroatoms. The van der Waals surface area contributed by atoms with Gasteiger partial charge in [-0.15, -0.1) is 0 Å². The number of ether oxygens (including phenoxy) is 1. The number of aryl methyl sites for hydroxylation is 1. The Morgan fingerprint density at radius 1 is 1.43 bits per heavy atom. The van der Waals surface area contributed by atoms with Crippen LogP contribution in [0.4, 0.5) is 0 Å². The first kappa shape index (κ1) is 17.7. The third kappa shape index (κ3) is 5.21. The first-order valence-corrected chi connectivity index (χ1v) is 9.43. The molecule has 0 saturated carbocycles. The number of hydrogen-bond acceptors (Lipinski definition) is 5. The molecule has 1 heterocycles. The molecule has 0 spiro atoms. The van der Waals surface area contributed by atoms with Crippen molar-refractivity contribution in [2.75, 3.05) is 32.2 Å². The molecule has 1 aliphatic rings. The normalized spacial score (nSPS) is 19.7. The van der Waals surface area contributed by atoms with Crippen LogP contribution in [0, 0.1) is 6.92 Å². The number of likely N-dealkylation sites (N-methyl/N-ethyl adjacent to an activating group) is 1. The topological polar surface area (TPSA) is 75.7 Å². The maximum atomic E-state index is 12.1. The Bertz CT molecular complexity index is 673. The summed E-state index contributed by atoms with van der Waals surface area (Å²) < 4.78 is 28.2. The van der Waals surface area contributed by atoms with Crippen molar-refractivity contribution in [3.63, 3.8) is 0 Å². The van der Waals surface area contributed by atoms with E-state index in [2.05, 4.69) is 5.32 Å². The predicted molar refractivity (Wildman–Crippen MR) is 89.3 cm³/mol. The summed E-state index contributed by atoms with van der Waals surface area (Å²) in [5, 5.41) is 2.80. The first-order chi connectivity index (χ1) is 10.8. The van der Waals surface area contributed by atoms with Gasteiger partial charge in [0.15, 0.2) is 9.84 Å². The summed E-state index contributed by atoms with van der Waals surface area (Å²) >= 11 is 0. The van der Waals surface area contributed by atoms with Gasteiger partial charge in [0.1, 0.15) is 5.75 Å². The molecule has 0 aromatic heterocycles. The molecule has 6 nitrogen and oxygen atoms in total. The highest BCUT2D eigenvalue weighted by Gasteiger charge is 2.29. The van der Waals surface area contributed by atoms with Crippen molar-refractivity contribution in [1.82, 2.24) is 10.2 Å². The van der Waals surface area contributed by atoms with Gasteiger partial charge in [-0.05, 0) is 26.5 Å². The highest BCUT2D eigenvalue weighted by atomic mass is 32.2. The van der Waals surface area contributed by atoms with Crippen LogP contribution in [-0.4, -0.2) is 57.5 Å². The fourth-order valence-electron chi connectivity index (χ4n) is 2.80. The molecule has 1 fully saturated rings. The summed E-state index contributed by atoms with van der Waals surface area (Å²) in [6, 6.07) is 5.68. The van der Waals surface area contributed by atoms with Gasteiger partial charge >= 0.3 is 0 Å². The summed E-state index contributed by atoms with van der Waals surface area (Å²) in [7, 11) is 0.504. The zero-order chi connectivity index (χ0) is 17.0. The second-order valence-electron chi connectivity index (χ2n) is 6.16. The molecule has 0 aliphatic carbocycles. The molecule has 0 bridgehead atoms. The van der Waals surface area contributed by atoms with Crippen molar-refractivity contribution in [3.05, 3.63) is 29.3 Å². The summed E-state index contributed by atoms with van der Waals surface area (Å²) in [6.07, 6.45) is 0.503. The Kier molecular flexibility index (Phi) is 5.64. The molecule has 1 N–H and O–H groups in total. The van der Waals surface area contributed by atoms with Crippen molar-refractivity contribution in [1.29, 1.82) is 0 Å². The number of carbonyl (C=O) groups excluding carboxylic acids is 1. The Morgan fingerprint density at radius 3 is 2.78 bits per heavy atom. The summed E-state index contributed by atoms with van der Waals surface area (Å²) in [4.78, 5) is 13.9. The predicted octanol–water partition coefficient (Wildman–Crippen LogP) is 0.739. The van der Waals surface area contributed by atoms with Crippen LogP contribution < -0.4 is 10.1 Å². The molecule has 1 atom stereocenters. The van der Waals surface area contributed by atoms with Gasteiger partial charge in [-0.3, -0.25) is 9.69 Å². The van der Waals surface area contributed by atoms with Gasteiger partial charge in [0.25, 0.3) is 0 Å². The average molecular weight is 340 g/mol. The van der Waals surface area contributed by atoms with Crippen molar-refractivity contribution < 1.29 is 17.9 Å². The zero-order valence-corrected chi connectivity index (χ0v) is 14.6. The molecule has 0 unspecified atom stereocenters. The van der Waals surface area contributed by atoms with E-state index in [9.17, 15) is 13.2 Å². The van der Waals surface area contributed by atoms with Crippen LogP contribution in [-0.2, 0) is 21.2 Å². The molecule has 1 aromatic rings. The van der Waals surface area contributed by atoms with E-state index in [0.717, 1.165) is 16.9 Å². The lowest BCUT2D eigenvalue weighted by Crippen LogP contribution is -2.41. The highest BCUT2D eigenvalue weighted by molar-refractivity contribution is 7.91. The number of benzene rings is 1.